The molecule has 0 radical (unpaired) electrons. The van der Waals surface area contributed by atoms with Crippen LogP contribution in [0.2, 0.25) is 0 Å². The molecule has 6 rings (SSSR count). The molecule has 0 aliphatic rings. The molecule has 0 saturated carbocycles. The topological polar surface area (TPSA) is 18.1 Å². The number of fused-ring (bicyclic) bond motifs is 6. The lowest BCUT2D eigenvalue weighted by atomic mass is 10.0. The monoisotopic (exact) mass is 347 g/mol. The van der Waals surface area contributed by atoms with Crippen LogP contribution in [-0.4, -0.2) is 4.57 Å². The van der Waals surface area contributed by atoms with Gasteiger partial charge in [0.25, 0.3) is 0 Å². The molecule has 27 heavy (non-hydrogen) atoms. The van der Waals surface area contributed by atoms with Gasteiger partial charge < -0.3 is 8.98 Å². The predicted molar refractivity (Wildman–Crippen MR) is 113 cm³/mol. The summed E-state index contributed by atoms with van der Waals surface area (Å²) in [6, 6.07) is 29.9. The van der Waals surface area contributed by atoms with E-state index in [0.29, 0.717) is 0 Å². The van der Waals surface area contributed by atoms with Crippen molar-refractivity contribution >= 4 is 43.7 Å². The zero-order valence-electron chi connectivity index (χ0n) is 14.9. The summed E-state index contributed by atoms with van der Waals surface area (Å²) in [5.41, 5.74) is 6.84. The van der Waals surface area contributed by atoms with Crippen molar-refractivity contribution in [3.05, 3.63) is 84.9 Å². The zero-order valence-corrected chi connectivity index (χ0v) is 14.9. The smallest absolute Gasteiger partial charge is 0.136 e. The van der Waals surface area contributed by atoms with Crippen LogP contribution in [0, 0.1) is 0 Å². The van der Waals surface area contributed by atoms with E-state index in [9.17, 15) is 0 Å². The van der Waals surface area contributed by atoms with Gasteiger partial charge in [0.2, 0.25) is 0 Å². The predicted octanol–water partition coefficient (Wildman–Crippen LogP) is 6.90. The lowest BCUT2D eigenvalue weighted by Crippen LogP contribution is -1.87. The number of hydrogen-bond acceptors (Lipinski definition) is 1. The van der Waals surface area contributed by atoms with Gasteiger partial charge in [-0.05, 0) is 35.4 Å². The van der Waals surface area contributed by atoms with E-state index in [1.165, 1.54) is 43.7 Å². The molecule has 0 unspecified atom stereocenters. The second-order valence-corrected chi connectivity index (χ2v) is 7.12. The van der Waals surface area contributed by atoms with Gasteiger partial charge in [0, 0.05) is 39.6 Å². The molecular formula is C25H17NO. The van der Waals surface area contributed by atoms with Gasteiger partial charge in [-0.3, -0.25) is 0 Å². The van der Waals surface area contributed by atoms with Crippen molar-refractivity contribution in [2.24, 2.45) is 7.05 Å². The van der Waals surface area contributed by atoms with E-state index in [2.05, 4.69) is 84.4 Å². The Morgan fingerprint density at radius 3 is 2.22 bits per heavy atom. The van der Waals surface area contributed by atoms with E-state index in [1.807, 2.05) is 12.1 Å². The van der Waals surface area contributed by atoms with E-state index in [0.717, 1.165) is 11.2 Å². The Morgan fingerprint density at radius 2 is 1.33 bits per heavy atom. The fraction of sp³-hybridized carbons (Fsp3) is 0.0400. The van der Waals surface area contributed by atoms with Crippen LogP contribution in [0.15, 0.2) is 89.3 Å². The highest BCUT2D eigenvalue weighted by Crippen LogP contribution is 2.37. The van der Waals surface area contributed by atoms with Gasteiger partial charge in [-0.1, -0.05) is 60.7 Å². The van der Waals surface area contributed by atoms with Gasteiger partial charge in [-0.2, -0.15) is 0 Å². The molecule has 0 aliphatic carbocycles. The van der Waals surface area contributed by atoms with E-state index >= 15 is 0 Å². The highest BCUT2D eigenvalue weighted by molar-refractivity contribution is 6.16. The number of aryl methyl sites for hydroxylation is 1. The molecular weight excluding hydrogens is 330 g/mol. The summed E-state index contributed by atoms with van der Waals surface area (Å²) < 4.78 is 8.39. The van der Waals surface area contributed by atoms with Crippen molar-refractivity contribution in [3.63, 3.8) is 0 Å². The maximum absolute atomic E-state index is 6.10. The highest BCUT2D eigenvalue weighted by Gasteiger charge is 2.14. The van der Waals surface area contributed by atoms with Crippen LogP contribution in [0.5, 0.6) is 0 Å². The van der Waals surface area contributed by atoms with Crippen molar-refractivity contribution < 1.29 is 4.42 Å². The van der Waals surface area contributed by atoms with Gasteiger partial charge in [-0.15, -0.1) is 0 Å². The summed E-state index contributed by atoms with van der Waals surface area (Å²) in [7, 11) is 2.15. The summed E-state index contributed by atoms with van der Waals surface area (Å²) in [6.45, 7) is 0. The maximum atomic E-state index is 6.10. The van der Waals surface area contributed by atoms with Gasteiger partial charge in [0.1, 0.15) is 11.2 Å². The molecule has 128 valence electrons. The summed E-state index contributed by atoms with van der Waals surface area (Å²) in [6.07, 6.45) is 0. The third-order valence-electron chi connectivity index (χ3n) is 5.61. The van der Waals surface area contributed by atoms with Crippen LogP contribution in [-0.2, 0) is 7.05 Å². The van der Waals surface area contributed by atoms with Crippen LogP contribution in [0.3, 0.4) is 0 Å². The largest absolute Gasteiger partial charge is 0.456 e. The SMILES string of the molecule is Cn1c2cc(-c3ccccc3)ccc2c2cc3oc4ccccc4c3cc21. The first-order valence-corrected chi connectivity index (χ1v) is 9.18. The maximum Gasteiger partial charge on any atom is 0.136 e. The van der Waals surface area contributed by atoms with Crippen LogP contribution in [0.1, 0.15) is 0 Å². The first kappa shape index (κ1) is 14.6. The number of hydrogen-bond donors (Lipinski definition) is 0. The Labute approximate surface area is 156 Å². The van der Waals surface area contributed by atoms with Crippen molar-refractivity contribution in [1.29, 1.82) is 0 Å². The Bertz CT molecular complexity index is 1470. The molecule has 0 atom stereocenters. The molecule has 2 heteroatoms. The average Bonchev–Trinajstić information content (AvgIpc) is 3.22. The molecule has 0 aliphatic heterocycles. The minimum Gasteiger partial charge on any atom is -0.456 e. The van der Waals surface area contributed by atoms with Crippen LogP contribution < -0.4 is 0 Å². The van der Waals surface area contributed by atoms with Crippen molar-refractivity contribution in [3.8, 4) is 11.1 Å². The normalized spacial score (nSPS) is 11.9. The first-order valence-electron chi connectivity index (χ1n) is 9.18. The summed E-state index contributed by atoms with van der Waals surface area (Å²) in [4.78, 5) is 0. The molecule has 2 nitrogen and oxygen atoms in total. The van der Waals surface area contributed by atoms with Crippen molar-refractivity contribution in [2.45, 2.75) is 0 Å². The Hall–Kier alpha value is -3.52. The fourth-order valence-corrected chi connectivity index (χ4v) is 4.23. The zero-order chi connectivity index (χ0) is 18.0. The van der Waals surface area contributed by atoms with Gasteiger partial charge >= 0.3 is 0 Å². The molecule has 2 aromatic heterocycles. The molecule has 0 N–H and O–H groups in total. The quantitative estimate of drug-likeness (QED) is 0.316. The summed E-state index contributed by atoms with van der Waals surface area (Å²) in [5, 5.41) is 4.84. The number of benzene rings is 4. The molecule has 0 spiro atoms. The lowest BCUT2D eigenvalue weighted by molar-refractivity contribution is 0.669. The van der Waals surface area contributed by atoms with Gasteiger partial charge in [0.05, 0.1) is 0 Å². The molecule has 2 heterocycles. The average molecular weight is 347 g/mol. The van der Waals surface area contributed by atoms with Crippen molar-refractivity contribution in [2.75, 3.05) is 0 Å². The molecule has 0 amide bonds. The molecule has 0 bridgehead atoms. The van der Waals surface area contributed by atoms with Gasteiger partial charge in [-0.25, -0.2) is 0 Å². The second kappa shape index (κ2) is 5.24. The third-order valence-corrected chi connectivity index (χ3v) is 5.61. The van der Waals surface area contributed by atoms with Crippen LogP contribution >= 0.6 is 0 Å². The number of aromatic nitrogens is 1. The van der Waals surface area contributed by atoms with E-state index in [1.54, 1.807) is 0 Å². The van der Waals surface area contributed by atoms with Crippen LogP contribution in [0.4, 0.5) is 0 Å². The van der Waals surface area contributed by atoms with Gasteiger partial charge in [0.15, 0.2) is 0 Å². The molecule has 6 aromatic rings. The minimum absolute atomic E-state index is 0.943. The lowest BCUT2D eigenvalue weighted by Gasteiger charge is -2.03. The highest BCUT2D eigenvalue weighted by atomic mass is 16.3. The Balaban J connectivity index is 1.69. The minimum atomic E-state index is 0.943. The fourth-order valence-electron chi connectivity index (χ4n) is 4.23. The van der Waals surface area contributed by atoms with Crippen LogP contribution in [0.25, 0.3) is 54.9 Å². The summed E-state index contributed by atoms with van der Waals surface area (Å²) >= 11 is 0. The standard InChI is InChI=1S/C25H17NO/c1-26-22-13-17(16-7-3-2-4-8-16)11-12-18(22)20-15-25-21(14-23(20)26)19-9-5-6-10-24(19)27-25/h2-15H,1H3. The third kappa shape index (κ3) is 2.01. The van der Waals surface area contributed by atoms with E-state index < -0.39 is 0 Å². The van der Waals surface area contributed by atoms with E-state index in [-0.39, 0.29) is 0 Å². The van der Waals surface area contributed by atoms with E-state index in [4.69, 9.17) is 4.42 Å². The molecule has 4 aromatic carbocycles. The second-order valence-electron chi connectivity index (χ2n) is 7.12. The number of furan rings is 1. The molecule has 0 fully saturated rings. The summed E-state index contributed by atoms with van der Waals surface area (Å²) in [5.74, 6) is 0. The first-order chi connectivity index (χ1) is 13.3. The van der Waals surface area contributed by atoms with Crippen molar-refractivity contribution in [1.82, 2.24) is 4.57 Å². The Kier molecular flexibility index (Phi) is 2.84. The number of para-hydroxylation sites is 1. The Morgan fingerprint density at radius 1 is 0.556 bits per heavy atom. The molecule has 0 saturated heterocycles. The number of rotatable bonds is 1. The number of nitrogens with zero attached hydrogens (tertiary/aromatic N) is 1.